The van der Waals surface area contributed by atoms with Crippen LogP contribution in [-0.4, -0.2) is 22.4 Å². The number of carboxylic acid groups (broad SMARTS) is 1. The van der Waals surface area contributed by atoms with Gasteiger partial charge in [0.25, 0.3) is 0 Å². The Labute approximate surface area is 123 Å². The zero-order chi connectivity index (χ0) is 7.56. The molecular formula is C7H12KNO5. The molecule has 0 radical (unpaired) electrons. The molecular weight excluding hydrogens is 217 g/mol. The molecule has 0 amide bonds. The van der Waals surface area contributed by atoms with Crippen LogP contribution in [0.5, 0.6) is 0 Å². The van der Waals surface area contributed by atoms with E-state index < -0.39 is 5.97 Å². The first-order valence-electron chi connectivity index (χ1n) is 2.77. The van der Waals surface area contributed by atoms with Crippen molar-refractivity contribution in [1.29, 1.82) is 0 Å². The van der Waals surface area contributed by atoms with E-state index in [0.717, 1.165) is 0 Å². The van der Waals surface area contributed by atoms with Gasteiger partial charge in [-0.2, -0.15) is 0 Å². The van der Waals surface area contributed by atoms with Crippen LogP contribution in [0.1, 0.15) is 10.4 Å². The molecule has 0 fully saturated rings. The van der Waals surface area contributed by atoms with Crippen LogP contribution in [0.2, 0.25) is 0 Å². The molecule has 0 aromatic heterocycles. The van der Waals surface area contributed by atoms with Crippen molar-refractivity contribution < 1.29 is 77.7 Å². The number of carbonyl (C=O) groups is 1. The molecule has 0 spiro atoms. The Morgan fingerprint density at radius 2 is 1.43 bits per heavy atom. The number of anilines is 1. The molecule has 1 aromatic rings. The van der Waals surface area contributed by atoms with Crippen molar-refractivity contribution in [1.82, 2.24) is 0 Å². The van der Waals surface area contributed by atoms with Crippen LogP contribution in [0.25, 0.3) is 0 Å². The Kier molecular flexibility index (Phi) is 18.7. The van der Waals surface area contributed by atoms with Gasteiger partial charge in [0.15, 0.2) is 0 Å². The van der Waals surface area contributed by atoms with Crippen LogP contribution in [-0.2, 0) is 0 Å². The van der Waals surface area contributed by atoms with Gasteiger partial charge in [-0.05, 0) is 17.7 Å². The summed E-state index contributed by atoms with van der Waals surface area (Å²) in [5.74, 6) is -1.18. The first-order valence-corrected chi connectivity index (χ1v) is 2.77. The van der Waals surface area contributed by atoms with E-state index >= 15 is 0 Å². The molecule has 0 aliphatic carbocycles. The maximum atomic E-state index is 10.2. The van der Waals surface area contributed by atoms with Crippen molar-refractivity contribution in [2.24, 2.45) is 0 Å². The van der Waals surface area contributed by atoms with E-state index in [2.05, 4.69) is 0 Å². The van der Waals surface area contributed by atoms with Gasteiger partial charge in [0.2, 0.25) is 0 Å². The average Bonchev–Trinajstić information content (AvgIpc) is 1.88. The quantitative estimate of drug-likeness (QED) is 0.375. The minimum atomic E-state index is -1.18. The van der Waals surface area contributed by atoms with Gasteiger partial charge in [-0.1, -0.05) is 12.1 Å². The van der Waals surface area contributed by atoms with Gasteiger partial charge in [-0.15, -0.1) is 0 Å². The number of hydrogen-bond acceptors (Lipinski definition) is 3. The Hall–Kier alpha value is 0.00636. The number of carboxylic acids is 1. The number of carbonyl (C=O) groups excluding carboxylic acids is 1. The molecule has 0 atom stereocenters. The fourth-order valence-corrected chi connectivity index (χ4v) is 0.619. The summed E-state index contributed by atoms with van der Waals surface area (Å²) in [6.07, 6.45) is 0. The number of hydrogen-bond donors (Lipinski definition) is 1. The zero-order valence-corrected chi connectivity index (χ0v) is 10.8. The number of aromatic carboxylic acids is 1. The molecule has 1 aromatic carbocycles. The Morgan fingerprint density at radius 3 is 1.71 bits per heavy atom. The number of nitrogens with two attached hydrogens (primary N) is 1. The molecule has 7 heteroatoms. The molecule has 0 unspecified atom stereocenters. The smallest absolute Gasteiger partial charge is 0.545 e. The largest absolute Gasteiger partial charge is 1.00 e. The van der Waals surface area contributed by atoms with Crippen LogP contribution in [0.4, 0.5) is 5.69 Å². The van der Waals surface area contributed by atoms with Gasteiger partial charge in [0.05, 0.1) is 5.97 Å². The fraction of sp³-hybridized carbons (Fsp3) is 0. The van der Waals surface area contributed by atoms with Crippen molar-refractivity contribution >= 4 is 11.7 Å². The third-order valence-corrected chi connectivity index (χ3v) is 1.15. The van der Waals surface area contributed by atoms with Crippen LogP contribution in [0.15, 0.2) is 24.3 Å². The standard InChI is InChI=1S/C7H7NO2.K.3H2O/c8-6-3-1-5(2-4-6)7(9)10;;;;/h1-4H,8H2,(H,9,10);;3*1H2/q;+1;;;/p-1. The molecule has 0 aliphatic rings. The van der Waals surface area contributed by atoms with E-state index in [1.807, 2.05) is 0 Å². The summed E-state index contributed by atoms with van der Waals surface area (Å²) in [5, 5.41) is 10.2. The summed E-state index contributed by atoms with van der Waals surface area (Å²) in [7, 11) is 0. The molecule has 0 aliphatic heterocycles. The van der Waals surface area contributed by atoms with Crippen molar-refractivity contribution in [3.8, 4) is 0 Å². The van der Waals surface area contributed by atoms with E-state index in [1.165, 1.54) is 24.3 Å². The van der Waals surface area contributed by atoms with Crippen LogP contribution >= 0.6 is 0 Å². The summed E-state index contributed by atoms with van der Waals surface area (Å²) in [6.45, 7) is 0. The SMILES string of the molecule is Nc1ccc(C(=O)[O-])cc1.O.O.O.[K+]. The number of nitrogen functional groups attached to an aromatic ring is 1. The van der Waals surface area contributed by atoms with E-state index in [0.29, 0.717) is 5.69 Å². The minimum absolute atomic E-state index is 0. The molecule has 1 rings (SSSR count). The van der Waals surface area contributed by atoms with Crippen LogP contribution in [0.3, 0.4) is 0 Å². The Bertz CT molecular complexity index is 251. The first-order chi connectivity index (χ1) is 4.70. The van der Waals surface area contributed by atoms with Gasteiger partial charge in [0.1, 0.15) is 0 Å². The van der Waals surface area contributed by atoms with Gasteiger partial charge in [-0.25, -0.2) is 0 Å². The molecule has 0 heterocycles. The summed E-state index contributed by atoms with van der Waals surface area (Å²) in [6, 6.07) is 5.85. The van der Waals surface area contributed by atoms with E-state index in [9.17, 15) is 9.90 Å². The summed E-state index contributed by atoms with van der Waals surface area (Å²) in [4.78, 5) is 10.2. The fourth-order valence-electron chi connectivity index (χ4n) is 0.619. The van der Waals surface area contributed by atoms with Gasteiger partial charge in [0, 0.05) is 5.69 Å². The Morgan fingerprint density at radius 1 is 1.07 bits per heavy atom. The summed E-state index contributed by atoms with van der Waals surface area (Å²) in [5.41, 5.74) is 6.01. The second-order valence-corrected chi connectivity index (χ2v) is 1.91. The molecule has 0 saturated carbocycles. The molecule has 6 nitrogen and oxygen atoms in total. The normalized spacial score (nSPS) is 6.57. The van der Waals surface area contributed by atoms with Crippen LogP contribution in [0, 0.1) is 0 Å². The second kappa shape index (κ2) is 11.1. The maximum absolute atomic E-state index is 10.2. The number of benzene rings is 1. The van der Waals surface area contributed by atoms with Gasteiger partial charge < -0.3 is 32.1 Å². The molecule has 0 bridgehead atoms. The monoisotopic (exact) mass is 229 g/mol. The van der Waals surface area contributed by atoms with Gasteiger partial charge in [-0.3, -0.25) is 0 Å². The molecule has 14 heavy (non-hydrogen) atoms. The minimum Gasteiger partial charge on any atom is -0.545 e. The third kappa shape index (κ3) is 7.41. The topological polar surface area (TPSA) is 161 Å². The zero-order valence-electron chi connectivity index (χ0n) is 7.70. The maximum Gasteiger partial charge on any atom is 1.00 e. The summed E-state index contributed by atoms with van der Waals surface area (Å²) >= 11 is 0. The van der Waals surface area contributed by atoms with Crippen molar-refractivity contribution in [3.05, 3.63) is 29.8 Å². The Balaban J connectivity index is -0.000000125. The third-order valence-electron chi connectivity index (χ3n) is 1.15. The average molecular weight is 229 g/mol. The van der Waals surface area contributed by atoms with E-state index in [1.54, 1.807) is 0 Å². The van der Waals surface area contributed by atoms with E-state index in [4.69, 9.17) is 5.73 Å². The molecule has 0 saturated heterocycles. The molecule has 8 N–H and O–H groups in total. The van der Waals surface area contributed by atoms with Crippen molar-refractivity contribution in [2.75, 3.05) is 5.73 Å². The predicted molar refractivity (Wildman–Crippen MR) is 46.0 cm³/mol. The summed E-state index contributed by atoms with van der Waals surface area (Å²) < 4.78 is 0. The predicted octanol–water partition coefficient (Wildman–Crippen LogP) is -5.84. The second-order valence-electron chi connectivity index (χ2n) is 1.91. The van der Waals surface area contributed by atoms with Gasteiger partial charge >= 0.3 is 51.4 Å². The van der Waals surface area contributed by atoms with E-state index in [-0.39, 0.29) is 73.4 Å². The molecule has 76 valence electrons. The van der Waals surface area contributed by atoms with Crippen molar-refractivity contribution in [2.45, 2.75) is 0 Å². The van der Waals surface area contributed by atoms with Crippen molar-refractivity contribution in [3.63, 3.8) is 0 Å². The van der Waals surface area contributed by atoms with Crippen LogP contribution < -0.4 is 62.2 Å². The number of rotatable bonds is 1. The first kappa shape index (κ1) is 23.7.